The second-order valence-electron chi connectivity index (χ2n) is 4.78. The minimum Gasteiger partial charge on any atom is -0.480 e. The number of carbonyl (C=O) groups excluding carboxylic acids is 1. The molecule has 1 amide bonds. The molecule has 0 aliphatic heterocycles. The average molecular weight is 242 g/mol. The van der Waals surface area contributed by atoms with Gasteiger partial charge in [-0.25, -0.2) is 4.79 Å². The van der Waals surface area contributed by atoms with Crippen LogP contribution in [0.2, 0.25) is 0 Å². The van der Waals surface area contributed by atoms with Gasteiger partial charge in [-0.2, -0.15) is 0 Å². The van der Waals surface area contributed by atoms with Gasteiger partial charge in [0.05, 0.1) is 0 Å². The summed E-state index contributed by atoms with van der Waals surface area (Å²) in [6, 6.07) is -0.473. The molecule has 2 unspecified atom stereocenters. The van der Waals surface area contributed by atoms with E-state index in [1.165, 1.54) is 19.8 Å². The Kier molecular flexibility index (Phi) is 5.41. The maximum atomic E-state index is 10.9. The van der Waals surface area contributed by atoms with Crippen LogP contribution in [0.3, 0.4) is 0 Å². The van der Waals surface area contributed by atoms with Crippen LogP contribution in [0.1, 0.15) is 39.5 Å². The van der Waals surface area contributed by atoms with Gasteiger partial charge < -0.3 is 15.7 Å². The highest BCUT2D eigenvalue weighted by molar-refractivity contribution is 5.82. The molecule has 0 aromatic carbocycles. The summed E-state index contributed by atoms with van der Waals surface area (Å²) in [5.41, 5.74) is 0. The molecule has 3 N–H and O–H groups in total. The molecule has 2 atom stereocenters. The topological polar surface area (TPSA) is 78.4 Å². The summed E-state index contributed by atoms with van der Waals surface area (Å²) in [7, 11) is 0. The Morgan fingerprint density at radius 3 is 2.47 bits per heavy atom. The molecule has 0 bridgehead atoms. The van der Waals surface area contributed by atoms with Crippen LogP contribution in [-0.2, 0) is 9.59 Å². The molecule has 98 valence electrons. The summed E-state index contributed by atoms with van der Waals surface area (Å²) in [5, 5.41) is 14.6. The van der Waals surface area contributed by atoms with Crippen LogP contribution in [0.4, 0.5) is 0 Å². The van der Waals surface area contributed by atoms with E-state index < -0.39 is 12.0 Å². The number of hydrogen-bond donors (Lipinski definition) is 3. The third-order valence-electron chi connectivity index (χ3n) is 3.09. The van der Waals surface area contributed by atoms with Crippen LogP contribution in [0.25, 0.3) is 0 Å². The van der Waals surface area contributed by atoms with E-state index in [1.54, 1.807) is 0 Å². The van der Waals surface area contributed by atoms with Gasteiger partial charge in [-0.1, -0.05) is 19.8 Å². The van der Waals surface area contributed by atoms with Gasteiger partial charge in [0.1, 0.15) is 6.04 Å². The average Bonchev–Trinajstić information content (AvgIpc) is 3.05. The van der Waals surface area contributed by atoms with Gasteiger partial charge >= 0.3 is 5.97 Å². The first-order chi connectivity index (χ1) is 8.02. The Balaban J connectivity index is 2.32. The highest BCUT2D eigenvalue weighted by Gasteiger charge is 2.26. The Morgan fingerprint density at radius 2 is 2.06 bits per heavy atom. The molecule has 17 heavy (non-hydrogen) atoms. The van der Waals surface area contributed by atoms with Gasteiger partial charge in [-0.15, -0.1) is 0 Å². The number of amides is 1. The maximum Gasteiger partial charge on any atom is 0.327 e. The third kappa shape index (κ3) is 5.68. The summed E-state index contributed by atoms with van der Waals surface area (Å²) in [6.07, 6.45) is 4.70. The fraction of sp³-hybridized carbons (Fsp3) is 0.833. The number of nitrogens with one attached hydrogen (secondary N) is 2. The van der Waals surface area contributed by atoms with E-state index in [0.717, 1.165) is 18.8 Å². The lowest BCUT2D eigenvalue weighted by atomic mass is 10.1. The van der Waals surface area contributed by atoms with Gasteiger partial charge in [-0.05, 0) is 18.8 Å². The van der Waals surface area contributed by atoms with Crippen molar-refractivity contribution in [3.05, 3.63) is 0 Å². The second-order valence-corrected chi connectivity index (χ2v) is 4.78. The predicted molar refractivity (Wildman–Crippen MR) is 64.7 cm³/mol. The predicted octanol–water partition coefficient (Wildman–Crippen LogP) is 0.744. The lowest BCUT2D eigenvalue weighted by Gasteiger charge is -2.20. The molecule has 1 rings (SSSR count). The van der Waals surface area contributed by atoms with E-state index in [1.807, 2.05) is 0 Å². The van der Waals surface area contributed by atoms with Crippen LogP contribution >= 0.6 is 0 Å². The Bertz CT molecular complexity index is 277. The normalized spacial score (nSPS) is 18.5. The van der Waals surface area contributed by atoms with Crippen molar-refractivity contribution < 1.29 is 14.7 Å². The van der Waals surface area contributed by atoms with Crippen LogP contribution in [0.5, 0.6) is 0 Å². The van der Waals surface area contributed by atoms with E-state index in [-0.39, 0.29) is 5.91 Å². The molecule has 5 nitrogen and oxygen atoms in total. The zero-order valence-electron chi connectivity index (χ0n) is 10.5. The van der Waals surface area contributed by atoms with E-state index in [4.69, 9.17) is 5.11 Å². The summed E-state index contributed by atoms with van der Waals surface area (Å²) < 4.78 is 0. The molecule has 0 heterocycles. The fourth-order valence-corrected chi connectivity index (χ4v) is 1.88. The van der Waals surface area contributed by atoms with Crippen molar-refractivity contribution in [2.45, 2.75) is 51.6 Å². The second kappa shape index (κ2) is 6.59. The van der Waals surface area contributed by atoms with Crippen molar-refractivity contribution in [1.29, 1.82) is 0 Å². The molecule has 0 spiro atoms. The number of rotatable bonds is 8. The van der Waals surface area contributed by atoms with Gasteiger partial charge in [-0.3, -0.25) is 4.79 Å². The molecule has 1 aliphatic carbocycles. The number of aliphatic carboxylic acids is 1. The van der Waals surface area contributed by atoms with Crippen LogP contribution in [0.15, 0.2) is 0 Å². The molecule has 0 aromatic rings. The number of carboxylic acids is 1. The smallest absolute Gasteiger partial charge is 0.327 e. The third-order valence-corrected chi connectivity index (χ3v) is 3.09. The summed E-state index contributed by atoms with van der Waals surface area (Å²) in [4.78, 5) is 21.8. The first kappa shape index (κ1) is 14.0. The molecule has 0 radical (unpaired) electrons. The lowest BCUT2D eigenvalue weighted by Crippen LogP contribution is -2.48. The molecule has 0 aromatic heterocycles. The Morgan fingerprint density at radius 1 is 1.41 bits per heavy atom. The largest absolute Gasteiger partial charge is 0.480 e. The van der Waals surface area contributed by atoms with Gasteiger partial charge in [0.2, 0.25) is 5.91 Å². The van der Waals surface area contributed by atoms with Crippen molar-refractivity contribution in [1.82, 2.24) is 10.6 Å². The molecule has 5 heteroatoms. The summed E-state index contributed by atoms with van der Waals surface area (Å²) in [6.45, 7) is 3.71. The first-order valence-electron chi connectivity index (χ1n) is 6.26. The minimum atomic E-state index is -0.992. The zero-order chi connectivity index (χ0) is 12.8. The Hall–Kier alpha value is -1.10. The molecule has 1 fully saturated rings. The highest BCUT2D eigenvalue weighted by Crippen LogP contribution is 2.33. The number of carbonyl (C=O) groups is 2. The van der Waals surface area contributed by atoms with Crippen molar-refractivity contribution in [2.75, 3.05) is 6.54 Å². The quantitative estimate of drug-likeness (QED) is 0.586. The van der Waals surface area contributed by atoms with Gasteiger partial charge in [0, 0.05) is 19.5 Å². The first-order valence-corrected chi connectivity index (χ1v) is 6.26. The highest BCUT2D eigenvalue weighted by atomic mass is 16.4. The van der Waals surface area contributed by atoms with Gasteiger partial charge in [0.25, 0.3) is 0 Å². The van der Waals surface area contributed by atoms with Gasteiger partial charge in [0.15, 0.2) is 0 Å². The number of carboxylic acid groups (broad SMARTS) is 1. The molecule has 1 saturated carbocycles. The molecule has 0 saturated heterocycles. The van der Waals surface area contributed by atoms with Crippen LogP contribution in [0, 0.1) is 5.92 Å². The van der Waals surface area contributed by atoms with E-state index >= 15 is 0 Å². The monoisotopic (exact) mass is 242 g/mol. The standard InChI is InChI=1S/C12H22N2O3/c1-3-10(6-9-4-5-9)13-7-11(12(16)17)14-8(2)15/h9-11,13H,3-7H2,1-2H3,(H,14,15)(H,16,17). The van der Waals surface area contributed by atoms with Crippen molar-refractivity contribution in [3.8, 4) is 0 Å². The van der Waals surface area contributed by atoms with Crippen LogP contribution < -0.4 is 10.6 Å². The van der Waals surface area contributed by atoms with Crippen molar-refractivity contribution >= 4 is 11.9 Å². The van der Waals surface area contributed by atoms with Crippen LogP contribution in [-0.4, -0.2) is 35.6 Å². The molecular formula is C12H22N2O3. The molecule has 1 aliphatic rings. The summed E-state index contributed by atoms with van der Waals surface area (Å²) in [5.74, 6) is -0.486. The minimum absolute atomic E-state index is 0.292. The van der Waals surface area contributed by atoms with E-state index in [9.17, 15) is 9.59 Å². The molecular weight excluding hydrogens is 220 g/mol. The Labute approximate surface area is 102 Å². The summed E-state index contributed by atoms with van der Waals surface area (Å²) >= 11 is 0. The van der Waals surface area contributed by atoms with E-state index in [2.05, 4.69) is 17.6 Å². The maximum absolute atomic E-state index is 10.9. The number of hydrogen-bond acceptors (Lipinski definition) is 3. The van der Waals surface area contributed by atoms with Crippen molar-refractivity contribution in [3.63, 3.8) is 0 Å². The zero-order valence-corrected chi connectivity index (χ0v) is 10.5. The lowest BCUT2D eigenvalue weighted by molar-refractivity contribution is -0.141. The fourth-order valence-electron chi connectivity index (χ4n) is 1.88. The SMILES string of the molecule is CCC(CC1CC1)NCC(NC(C)=O)C(=O)O. The van der Waals surface area contributed by atoms with Crippen molar-refractivity contribution in [2.24, 2.45) is 5.92 Å². The van der Waals surface area contributed by atoms with E-state index in [0.29, 0.717) is 12.6 Å².